The van der Waals surface area contributed by atoms with Gasteiger partial charge in [-0.15, -0.1) is 0 Å². The molecule has 4 nitrogen and oxygen atoms in total. The molecule has 0 spiro atoms. The van der Waals surface area contributed by atoms with Crippen molar-refractivity contribution in [2.24, 2.45) is 0 Å². The molecule has 0 saturated heterocycles. The van der Waals surface area contributed by atoms with Crippen molar-refractivity contribution in [3.05, 3.63) is 119 Å². The zero-order chi connectivity index (χ0) is 22.2. The number of hydrogen-bond acceptors (Lipinski definition) is 4. The summed E-state index contributed by atoms with van der Waals surface area (Å²) in [5, 5.41) is 38.7. The average Bonchev–Trinajstić information content (AvgIpc) is 2.78. The predicted molar refractivity (Wildman–Crippen MR) is 123 cm³/mol. The minimum absolute atomic E-state index is 0.0256. The van der Waals surface area contributed by atoms with Crippen LogP contribution in [0.4, 0.5) is 0 Å². The second-order valence-electron chi connectivity index (χ2n) is 7.28. The number of benzene rings is 4. The summed E-state index contributed by atoms with van der Waals surface area (Å²) in [6, 6.07) is 29.1. The molecule has 0 radical (unpaired) electrons. The van der Waals surface area contributed by atoms with Gasteiger partial charge in [-0.1, -0.05) is 79.7 Å². The molecule has 1 atom stereocenters. The quantitative estimate of drug-likeness (QED) is 0.333. The Morgan fingerprint density at radius 2 is 1.00 bits per heavy atom. The molecule has 4 aromatic rings. The van der Waals surface area contributed by atoms with Gasteiger partial charge in [0.1, 0.15) is 23.0 Å². The molecule has 158 valence electrons. The lowest BCUT2D eigenvalue weighted by atomic mass is 9.92. The molecule has 0 aromatic heterocycles. The van der Waals surface area contributed by atoms with Gasteiger partial charge in [0, 0.05) is 23.5 Å². The SMILES string of the molecule is CC(c1ccccc1)c1c(O)cccc1O.Oc1cccc(O)c1Cc1ccccc1. The van der Waals surface area contributed by atoms with Crippen LogP contribution < -0.4 is 0 Å². The normalized spacial score (nSPS) is 11.3. The molecule has 4 heteroatoms. The molecule has 4 N–H and O–H groups in total. The zero-order valence-electron chi connectivity index (χ0n) is 17.3. The third-order valence-electron chi connectivity index (χ3n) is 5.14. The van der Waals surface area contributed by atoms with Crippen molar-refractivity contribution < 1.29 is 20.4 Å². The van der Waals surface area contributed by atoms with E-state index in [-0.39, 0.29) is 28.9 Å². The Kier molecular flexibility index (Phi) is 7.17. The van der Waals surface area contributed by atoms with Crippen molar-refractivity contribution in [1.82, 2.24) is 0 Å². The zero-order valence-corrected chi connectivity index (χ0v) is 17.3. The van der Waals surface area contributed by atoms with Crippen molar-refractivity contribution >= 4 is 0 Å². The fourth-order valence-electron chi connectivity index (χ4n) is 3.44. The van der Waals surface area contributed by atoms with E-state index in [4.69, 9.17) is 0 Å². The summed E-state index contributed by atoms with van der Waals surface area (Å²) in [5.41, 5.74) is 3.28. The molecule has 0 bridgehead atoms. The van der Waals surface area contributed by atoms with Gasteiger partial charge >= 0.3 is 0 Å². The Bertz CT molecular complexity index is 1070. The Morgan fingerprint density at radius 3 is 1.52 bits per heavy atom. The van der Waals surface area contributed by atoms with Gasteiger partial charge in [0.2, 0.25) is 0 Å². The minimum atomic E-state index is -0.0256. The lowest BCUT2D eigenvalue weighted by Gasteiger charge is -2.15. The van der Waals surface area contributed by atoms with Gasteiger partial charge in [0.15, 0.2) is 0 Å². The average molecular weight is 415 g/mol. The summed E-state index contributed by atoms with van der Waals surface area (Å²) in [4.78, 5) is 0. The van der Waals surface area contributed by atoms with Crippen LogP contribution in [0.25, 0.3) is 0 Å². The fourth-order valence-corrected chi connectivity index (χ4v) is 3.44. The molecule has 0 fully saturated rings. The van der Waals surface area contributed by atoms with E-state index in [0.29, 0.717) is 17.5 Å². The minimum Gasteiger partial charge on any atom is -0.508 e. The highest BCUT2D eigenvalue weighted by Crippen LogP contribution is 2.37. The number of phenols is 4. The second-order valence-corrected chi connectivity index (χ2v) is 7.28. The number of rotatable bonds is 4. The summed E-state index contributed by atoms with van der Waals surface area (Å²) in [7, 11) is 0. The maximum absolute atomic E-state index is 9.76. The molecule has 31 heavy (non-hydrogen) atoms. The van der Waals surface area contributed by atoms with Crippen molar-refractivity contribution in [2.45, 2.75) is 19.3 Å². The highest BCUT2D eigenvalue weighted by Gasteiger charge is 2.16. The van der Waals surface area contributed by atoms with Gasteiger partial charge in [-0.2, -0.15) is 0 Å². The third kappa shape index (κ3) is 5.58. The Balaban J connectivity index is 0.000000176. The van der Waals surface area contributed by atoms with Crippen LogP contribution in [0.1, 0.15) is 35.1 Å². The van der Waals surface area contributed by atoms with Crippen LogP contribution in [-0.2, 0) is 6.42 Å². The molecule has 1 unspecified atom stereocenters. The summed E-state index contributed by atoms with van der Waals surface area (Å²) in [5.74, 6) is 0.521. The van der Waals surface area contributed by atoms with Crippen LogP contribution >= 0.6 is 0 Å². The molecule has 0 aliphatic carbocycles. The van der Waals surface area contributed by atoms with Crippen LogP contribution in [0.3, 0.4) is 0 Å². The monoisotopic (exact) mass is 414 g/mol. The van der Waals surface area contributed by atoms with E-state index in [9.17, 15) is 20.4 Å². The van der Waals surface area contributed by atoms with Gasteiger partial charge < -0.3 is 20.4 Å². The van der Waals surface area contributed by atoms with Crippen LogP contribution in [0, 0.1) is 0 Å². The molecule has 0 aliphatic rings. The molecule has 0 heterocycles. The largest absolute Gasteiger partial charge is 0.508 e. The third-order valence-corrected chi connectivity index (χ3v) is 5.14. The van der Waals surface area contributed by atoms with E-state index in [0.717, 1.165) is 11.1 Å². The van der Waals surface area contributed by atoms with Crippen LogP contribution in [0.2, 0.25) is 0 Å². The van der Waals surface area contributed by atoms with Crippen LogP contribution in [0.15, 0.2) is 97.1 Å². The first-order valence-corrected chi connectivity index (χ1v) is 10.1. The molecule has 0 aliphatic heterocycles. The molecule has 0 saturated carbocycles. The lowest BCUT2D eigenvalue weighted by molar-refractivity contribution is 0.435. The predicted octanol–water partition coefficient (Wildman–Crippen LogP) is 5.94. The number of hydrogen-bond donors (Lipinski definition) is 4. The van der Waals surface area contributed by atoms with Gasteiger partial charge in [-0.3, -0.25) is 0 Å². The Morgan fingerprint density at radius 1 is 0.548 bits per heavy atom. The Labute approximate surface area is 182 Å². The summed E-state index contributed by atoms with van der Waals surface area (Å²) >= 11 is 0. The maximum atomic E-state index is 9.76. The first kappa shape index (κ1) is 21.8. The summed E-state index contributed by atoms with van der Waals surface area (Å²) in [6.07, 6.45) is 0.541. The van der Waals surface area contributed by atoms with E-state index < -0.39 is 0 Å². The Hall–Kier alpha value is -3.92. The highest BCUT2D eigenvalue weighted by atomic mass is 16.3. The van der Waals surface area contributed by atoms with Crippen LogP contribution in [0.5, 0.6) is 23.0 Å². The van der Waals surface area contributed by atoms with Gasteiger partial charge in [0.05, 0.1) is 0 Å². The molecular weight excluding hydrogens is 388 g/mol. The van der Waals surface area contributed by atoms with E-state index in [1.165, 1.54) is 0 Å². The highest BCUT2D eigenvalue weighted by molar-refractivity contribution is 5.49. The van der Waals surface area contributed by atoms with Crippen molar-refractivity contribution in [3.63, 3.8) is 0 Å². The molecular formula is C27H26O4. The topological polar surface area (TPSA) is 80.9 Å². The van der Waals surface area contributed by atoms with E-state index >= 15 is 0 Å². The first-order valence-electron chi connectivity index (χ1n) is 10.1. The van der Waals surface area contributed by atoms with Gasteiger partial charge in [0.25, 0.3) is 0 Å². The van der Waals surface area contributed by atoms with E-state index in [1.807, 2.05) is 67.6 Å². The number of aromatic hydroxyl groups is 4. The van der Waals surface area contributed by atoms with Gasteiger partial charge in [-0.05, 0) is 35.4 Å². The maximum Gasteiger partial charge on any atom is 0.123 e. The van der Waals surface area contributed by atoms with Crippen molar-refractivity contribution in [2.75, 3.05) is 0 Å². The second kappa shape index (κ2) is 10.2. The van der Waals surface area contributed by atoms with E-state index in [2.05, 4.69) is 0 Å². The summed E-state index contributed by atoms with van der Waals surface area (Å²) < 4.78 is 0. The summed E-state index contributed by atoms with van der Waals surface area (Å²) in [6.45, 7) is 1.96. The molecule has 4 aromatic carbocycles. The number of phenolic OH excluding ortho intramolecular Hbond substituents is 4. The van der Waals surface area contributed by atoms with Crippen molar-refractivity contribution in [1.29, 1.82) is 0 Å². The fraction of sp³-hybridized carbons (Fsp3) is 0.111. The van der Waals surface area contributed by atoms with E-state index in [1.54, 1.807) is 36.4 Å². The standard InChI is InChI=1S/C14H14O2.C13H12O2/c1-10(11-6-3-2-4-7-11)14-12(15)8-5-9-13(14)16;14-12-7-4-8-13(15)11(12)9-10-5-2-1-3-6-10/h2-10,15-16H,1H3;1-8,14-15H,9H2. The van der Waals surface area contributed by atoms with Crippen LogP contribution in [-0.4, -0.2) is 20.4 Å². The lowest BCUT2D eigenvalue weighted by Crippen LogP contribution is -1.96. The van der Waals surface area contributed by atoms with Crippen molar-refractivity contribution in [3.8, 4) is 23.0 Å². The van der Waals surface area contributed by atoms with Gasteiger partial charge in [-0.25, -0.2) is 0 Å². The molecule has 0 amide bonds. The smallest absolute Gasteiger partial charge is 0.123 e. The molecule has 4 rings (SSSR count). The first-order chi connectivity index (χ1) is 15.0.